The molecule has 0 spiro atoms. The van der Waals surface area contributed by atoms with Crippen LogP contribution in [0, 0.1) is 5.92 Å². The number of nitrogens with zero attached hydrogens (tertiary/aromatic N) is 4. The third-order valence-electron chi connectivity index (χ3n) is 6.93. The largest absolute Gasteiger partial charge is 0.473 e. The smallest absolute Gasteiger partial charge is 0.243 e. The number of anilines is 1. The molecule has 2 aromatic carbocycles. The molecular weight excluding hydrogens is 402 g/mol. The number of H-pyrrole nitrogens is 1. The summed E-state index contributed by atoms with van der Waals surface area (Å²) in [5, 5.41) is 12.5. The van der Waals surface area contributed by atoms with E-state index in [0.717, 1.165) is 30.9 Å². The van der Waals surface area contributed by atoms with Gasteiger partial charge in [-0.3, -0.25) is 0 Å². The van der Waals surface area contributed by atoms with E-state index in [1.165, 1.54) is 35.6 Å². The van der Waals surface area contributed by atoms with E-state index in [0.29, 0.717) is 23.5 Å². The Morgan fingerprint density at radius 3 is 2.62 bits per heavy atom. The molecule has 1 saturated heterocycles. The summed E-state index contributed by atoms with van der Waals surface area (Å²) in [7, 11) is 0. The molecule has 2 aliphatic rings. The van der Waals surface area contributed by atoms with E-state index in [9.17, 15) is 5.11 Å². The second kappa shape index (κ2) is 7.74. The number of aliphatic hydroxyl groups is 1. The first-order chi connectivity index (χ1) is 15.7. The van der Waals surface area contributed by atoms with Crippen molar-refractivity contribution in [2.24, 2.45) is 5.92 Å². The van der Waals surface area contributed by atoms with Gasteiger partial charge in [-0.15, -0.1) is 0 Å². The van der Waals surface area contributed by atoms with Crippen molar-refractivity contribution in [2.45, 2.75) is 44.8 Å². The Labute approximate surface area is 186 Å². The lowest BCUT2D eigenvalue weighted by molar-refractivity contribution is 0.129. The number of fused-ring (bicyclic) bond motifs is 2. The van der Waals surface area contributed by atoms with Crippen LogP contribution < -0.4 is 9.64 Å². The Morgan fingerprint density at radius 1 is 1.03 bits per heavy atom. The molecule has 7 nitrogen and oxygen atoms in total. The minimum absolute atomic E-state index is 0.0505. The Morgan fingerprint density at radius 2 is 1.84 bits per heavy atom. The standard InChI is InChI=1S/C25H27N5O2/c1-15-12-16(13-21(15)31)32-25-22-24(26-14-27-25)29-23(28-22)19-8-9-20(30-10-4-5-11-30)18-7-3-2-6-17(18)19/h2-3,6-9,14-16,21,31H,4-5,10-13H2,1H3,(H,26,27,28,29)/t15-,16-,21+/m1/s1. The highest BCUT2D eigenvalue weighted by Gasteiger charge is 2.32. The lowest BCUT2D eigenvalue weighted by Gasteiger charge is -2.20. The average Bonchev–Trinajstić information content (AvgIpc) is 3.54. The third-order valence-corrected chi connectivity index (χ3v) is 6.93. The van der Waals surface area contributed by atoms with E-state index < -0.39 is 0 Å². The minimum Gasteiger partial charge on any atom is -0.473 e. The SMILES string of the molecule is C[C@@H]1C[C@@H](Oc2ncnc3nc(-c4ccc(N5CCCC5)c5ccccc45)[nH]c23)C[C@@H]1O. The summed E-state index contributed by atoms with van der Waals surface area (Å²) in [6, 6.07) is 12.9. The molecule has 1 aliphatic carbocycles. The monoisotopic (exact) mass is 429 g/mol. The molecular formula is C25H27N5O2. The van der Waals surface area contributed by atoms with Crippen molar-refractivity contribution >= 4 is 27.6 Å². The van der Waals surface area contributed by atoms with Gasteiger partial charge in [0, 0.05) is 36.1 Å². The fourth-order valence-corrected chi connectivity index (χ4v) is 5.17. The number of imidazole rings is 1. The lowest BCUT2D eigenvalue weighted by atomic mass is 10.0. The zero-order valence-electron chi connectivity index (χ0n) is 18.2. The summed E-state index contributed by atoms with van der Waals surface area (Å²) in [4.78, 5) is 19.4. The fraction of sp³-hybridized carbons (Fsp3) is 0.400. The first kappa shape index (κ1) is 19.5. The number of nitrogens with one attached hydrogen (secondary N) is 1. The average molecular weight is 430 g/mol. The predicted octanol–water partition coefficient (Wildman–Crippen LogP) is 4.31. The van der Waals surface area contributed by atoms with E-state index in [1.807, 2.05) is 0 Å². The number of aliphatic hydroxyl groups excluding tert-OH is 1. The molecule has 1 aliphatic heterocycles. The maximum atomic E-state index is 10.1. The van der Waals surface area contributed by atoms with Gasteiger partial charge in [-0.2, -0.15) is 4.98 Å². The van der Waals surface area contributed by atoms with Crippen molar-refractivity contribution in [3.63, 3.8) is 0 Å². The molecule has 32 heavy (non-hydrogen) atoms. The minimum atomic E-state index is -0.324. The molecule has 3 heterocycles. The normalized spacial score (nSPS) is 23.4. The molecule has 2 N–H and O–H groups in total. The van der Waals surface area contributed by atoms with Crippen LogP contribution in [-0.2, 0) is 0 Å². The van der Waals surface area contributed by atoms with Crippen LogP contribution in [0.2, 0.25) is 0 Å². The third kappa shape index (κ3) is 3.28. The van der Waals surface area contributed by atoms with Gasteiger partial charge in [0.2, 0.25) is 5.88 Å². The summed E-state index contributed by atoms with van der Waals surface area (Å²) in [6.45, 7) is 4.27. The summed E-state index contributed by atoms with van der Waals surface area (Å²) in [5.74, 6) is 1.49. The zero-order chi connectivity index (χ0) is 21.7. The van der Waals surface area contributed by atoms with Crippen LogP contribution in [0.3, 0.4) is 0 Å². The van der Waals surface area contributed by atoms with Crippen molar-refractivity contribution < 1.29 is 9.84 Å². The van der Waals surface area contributed by atoms with Crippen LogP contribution in [0.15, 0.2) is 42.7 Å². The second-order valence-corrected chi connectivity index (χ2v) is 9.09. The molecule has 164 valence electrons. The van der Waals surface area contributed by atoms with E-state index in [2.05, 4.69) is 63.2 Å². The summed E-state index contributed by atoms with van der Waals surface area (Å²) in [5.41, 5.74) is 3.61. The van der Waals surface area contributed by atoms with Gasteiger partial charge in [0.1, 0.15) is 23.8 Å². The van der Waals surface area contributed by atoms with Crippen LogP contribution in [0.25, 0.3) is 33.3 Å². The van der Waals surface area contributed by atoms with Crippen molar-refractivity contribution in [3.8, 4) is 17.3 Å². The Balaban J connectivity index is 1.40. The number of ether oxygens (including phenoxy) is 1. The van der Waals surface area contributed by atoms with Gasteiger partial charge in [-0.1, -0.05) is 31.2 Å². The lowest BCUT2D eigenvalue weighted by Crippen LogP contribution is -2.17. The van der Waals surface area contributed by atoms with Gasteiger partial charge in [-0.05, 0) is 42.7 Å². The van der Waals surface area contributed by atoms with E-state index in [-0.39, 0.29) is 18.1 Å². The molecule has 6 rings (SSSR count). The quantitative estimate of drug-likeness (QED) is 0.503. The predicted molar refractivity (Wildman–Crippen MR) is 125 cm³/mol. The number of aromatic amines is 1. The highest BCUT2D eigenvalue weighted by molar-refractivity contribution is 6.03. The van der Waals surface area contributed by atoms with Gasteiger partial charge in [0.15, 0.2) is 5.65 Å². The van der Waals surface area contributed by atoms with Crippen molar-refractivity contribution in [1.82, 2.24) is 19.9 Å². The first-order valence-electron chi connectivity index (χ1n) is 11.5. The molecule has 1 saturated carbocycles. The molecule has 0 amide bonds. The highest BCUT2D eigenvalue weighted by Crippen LogP contribution is 2.37. The van der Waals surface area contributed by atoms with Gasteiger partial charge in [0.05, 0.1) is 6.10 Å². The Hall–Kier alpha value is -3.19. The molecule has 2 aromatic heterocycles. The number of benzene rings is 2. The second-order valence-electron chi connectivity index (χ2n) is 9.09. The van der Waals surface area contributed by atoms with Gasteiger partial charge >= 0.3 is 0 Å². The molecule has 0 radical (unpaired) electrons. The number of aromatic nitrogens is 4. The summed E-state index contributed by atoms with van der Waals surface area (Å²) < 4.78 is 6.16. The van der Waals surface area contributed by atoms with Crippen LogP contribution in [0.1, 0.15) is 32.6 Å². The van der Waals surface area contributed by atoms with Crippen LogP contribution in [-0.4, -0.2) is 50.3 Å². The van der Waals surface area contributed by atoms with Crippen LogP contribution >= 0.6 is 0 Å². The number of rotatable bonds is 4. The van der Waals surface area contributed by atoms with E-state index >= 15 is 0 Å². The maximum absolute atomic E-state index is 10.1. The zero-order valence-corrected chi connectivity index (χ0v) is 18.2. The molecule has 7 heteroatoms. The van der Waals surface area contributed by atoms with E-state index in [4.69, 9.17) is 9.72 Å². The van der Waals surface area contributed by atoms with Gasteiger partial charge in [-0.25, -0.2) is 9.97 Å². The molecule has 3 atom stereocenters. The number of hydrogen-bond donors (Lipinski definition) is 2. The van der Waals surface area contributed by atoms with Gasteiger partial charge in [0.25, 0.3) is 0 Å². The maximum Gasteiger partial charge on any atom is 0.243 e. The Bertz CT molecular complexity index is 1270. The van der Waals surface area contributed by atoms with Crippen molar-refractivity contribution in [3.05, 3.63) is 42.7 Å². The van der Waals surface area contributed by atoms with Crippen LogP contribution in [0.4, 0.5) is 5.69 Å². The molecule has 0 bridgehead atoms. The topological polar surface area (TPSA) is 87.2 Å². The number of hydrogen-bond acceptors (Lipinski definition) is 6. The van der Waals surface area contributed by atoms with Crippen molar-refractivity contribution in [1.29, 1.82) is 0 Å². The fourth-order valence-electron chi connectivity index (χ4n) is 5.17. The first-order valence-corrected chi connectivity index (χ1v) is 11.5. The van der Waals surface area contributed by atoms with Crippen molar-refractivity contribution in [2.75, 3.05) is 18.0 Å². The molecule has 0 unspecified atom stereocenters. The molecule has 2 fully saturated rings. The Kier molecular flexibility index (Phi) is 4.72. The van der Waals surface area contributed by atoms with Gasteiger partial charge < -0.3 is 19.7 Å². The summed E-state index contributed by atoms with van der Waals surface area (Å²) in [6.07, 6.45) is 5.05. The van der Waals surface area contributed by atoms with Crippen LogP contribution in [0.5, 0.6) is 5.88 Å². The van der Waals surface area contributed by atoms with E-state index in [1.54, 1.807) is 0 Å². The highest BCUT2D eigenvalue weighted by atomic mass is 16.5. The molecule has 4 aromatic rings. The summed E-state index contributed by atoms with van der Waals surface area (Å²) >= 11 is 0.